The van der Waals surface area contributed by atoms with Gasteiger partial charge in [0, 0.05) is 33.8 Å². The van der Waals surface area contributed by atoms with Crippen molar-refractivity contribution in [1.82, 2.24) is 9.99 Å². The van der Waals surface area contributed by atoms with Gasteiger partial charge in [0.2, 0.25) is 0 Å². The molecule has 4 aromatic carbocycles. The Morgan fingerprint density at radius 2 is 1.68 bits per heavy atom. The maximum absolute atomic E-state index is 12.6. The second-order valence-electron chi connectivity index (χ2n) is 8.97. The zero-order valence-corrected chi connectivity index (χ0v) is 21.2. The molecule has 186 valence electrons. The number of fused-ring (bicyclic) bond motifs is 1. The number of hydrazone groups is 1. The van der Waals surface area contributed by atoms with E-state index in [1.165, 1.54) is 0 Å². The second-order valence-corrected chi connectivity index (χ2v) is 8.97. The molecule has 0 atom stereocenters. The van der Waals surface area contributed by atoms with Crippen LogP contribution in [0.4, 0.5) is 0 Å². The predicted octanol–water partition coefficient (Wildman–Crippen LogP) is 6.46. The average molecular weight is 499 g/mol. The monoisotopic (exact) mass is 498 g/mol. The lowest BCUT2D eigenvalue weighted by Gasteiger charge is -2.12. The number of ether oxygens (including phenoxy) is 1. The number of rotatable bonds is 7. The Kier molecular flexibility index (Phi) is 7.01. The van der Waals surface area contributed by atoms with Crippen molar-refractivity contribution in [3.05, 3.63) is 131 Å². The molecule has 38 heavy (non-hydrogen) atoms. The first kappa shape index (κ1) is 24.5. The number of benzene rings is 4. The Balaban J connectivity index is 1.26. The highest BCUT2D eigenvalue weighted by Gasteiger charge is 2.11. The molecule has 1 amide bonds. The molecule has 6 nitrogen and oxygen atoms in total. The Hall–Kier alpha value is -5.15. The quantitative estimate of drug-likeness (QED) is 0.207. The lowest BCUT2D eigenvalue weighted by molar-refractivity contribution is 0.0955. The summed E-state index contributed by atoms with van der Waals surface area (Å²) >= 11 is 0. The smallest absolute Gasteiger partial charge is 0.271 e. The Bertz CT molecular complexity index is 1690. The molecular formula is C32H26N4O2. The predicted molar refractivity (Wildman–Crippen MR) is 150 cm³/mol. The fourth-order valence-corrected chi connectivity index (χ4v) is 4.48. The van der Waals surface area contributed by atoms with Crippen molar-refractivity contribution in [2.45, 2.75) is 20.5 Å². The highest BCUT2D eigenvalue weighted by atomic mass is 16.5. The number of amides is 1. The molecule has 1 heterocycles. The van der Waals surface area contributed by atoms with Gasteiger partial charge in [0.25, 0.3) is 5.91 Å². The van der Waals surface area contributed by atoms with E-state index in [4.69, 9.17) is 4.74 Å². The topological polar surface area (TPSA) is 79.4 Å². The summed E-state index contributed by atoms with van der Waals surface area (Å²) in [5.74, 6) is 0.468. The van der Waals surface area contributed by atoms with Crippen molar-refractivity contribution in [3.8, 4) is 17.5 Å². The number of nitriles is 1. The molecule has 1 N–H and O–H groups in total. The first-order valence-electron chi connectivity index (χ1n) is 12.3. The van der Waals surface area contributed by atoms with Gasteiger partial charge in [0.1, 0.15) is 12.4 Å². The third-order valence-electron chi connectivity index (χ3n) is 6.48. The van der Waals surface area contributed by atoms with Crippen LogP contribution in [-0.4, -0.2) is 16.7 Å². The van der Waals surface area contributed by atoms with Crippen molar-refractivity contribution < 1.29 is 9.53 Å². The Morgan fingerprint density at radius 3 is 2.47 bits per heavy atom. The van der Waals surface area contributed by atoms with Crippen LogP contribution in [0.2, 0.25) is 0 Å². The van der Waals surface area contributed by atoms with Gasteiger partial charge < -0.3 is 9.30 Å². The Morgan fingerprint density at radius 1 is 0.947 bits per heavy atom. The molecule has 0 aliphatic carbocycles. The summed E-state index contributed by atoms with van der Waals surface area (Å²) in [5.41, 5.74) is 8.61. The van der Waals surface area contributed by atoms with Crippen LogP contribution in [0, 0.1) is 25.2 Å². The summed E-state index contributed by atoms with van der Waals surface area (Å²) in [4.78, 5) is 12.6. The van der Waals surface area contributed by atoms with E-state index in [-0.39, 0.29) is 5.91 Å². The van der Waals surface area contributed by atoms with E-state index in [1.807, 2.05) is 98.8 Å². The molecule has 0 saturated heterocycles. The first-order chi connectivity index (χ1) is 18.5. The number of carbonyl (C=O) groups is 1. The van der Waals surface area contributed by atoms with Gasteiger partial charge in [-0.25, -0.2) is 5.43 Å². The normalized spacial score (nSPS) is 11.0. The molecule has 0 bridgehead atoms. The van der Waals surface area contributed by atoms with Gasteiger partial charge in [0.05, 0.1) is 17.8 Å². The largest absolute Gasteiger partial charge is 0.489 e. The molecule has 5 rings (SSSR count). The summed E-state index contributed by atoms with van der Waals surface area (Å²) < 4.78 is 8.03. The molecule has 6 heteroatoms. The van der Waals surface area contributed by atoms with Crippen LogP contribution in [0.25, 0.3) is 16.5 Å². The summed E-state index contributed by atoms with van der Waals surface area (Å²) in [7, 11) is 0. The van der Waals surface area contributed by atoms with E-state index < -0.39 is 0 Å². The third-order valence-corrected chi connectivity index (χ3v) is 6.48. The van der Waals surface area contributed by atoms with Crippen LogP contribution in [0.15, 0.2) is 102 Å². The lowest BCUT2D eigenvalue weighted by Crippen LogP contribution is -2.17. The second kappa shape index (κ2) is 10.9. The van der Waals surface area contributed by atoms with E-state index in [2.05, 4.69) is 21.2 Å². The van der Waals surface area contributed by atoms with Crippen LogP contribution in [0.5, 0.6) is 5.75 Å². The molecule has 0 aliphatic heterocycles. The van der Waals surface area contributed by atoms with Crippen molar-refractivity contribution in [3.63, 3.8) is 0 Å². The molecule has 5 aromatic rings. The van der Waals surface area contributed by atoms with E-state index in [1.54, 1.807) is 18.3 Å². The van der Waals surface area contributed by atoms with E-state index in [9.17, 15) is 10.1 Å². The van der Waals surface area contributed by atoms with Gasteiger partial charge in [-0.15, -0.1) is 0 Å². The minimum atomic E-state index is -0.256. The number of nitrogens with zero attached hydrogens (tertiary/aromatic N) is 3. The molecule has 0 radical (unpaired) electrons. The third kappa shape index (κ3) is 5.18. The zero-order chi connectivity index (χ0) is 26.5. The minimum Gasteiger partial charge on any atom is -0.489 e. The van der Waals surface area contributed by atoms with Crippen LogP contribution < -0.4 is 10.2 Å². The van der Waals surface area contributed by atoms with Crippen LogP contribution >= 0.6 is 0 Å². The molecular weight excluding hydrogens is 472 g/mol. The number of aryl methyl sites for hydroxylation is 1. The maximum atomic E-state index is 12.6. The average Bonchev–Trinajstić information content (AvgIpc) is 3.24. The van der Waals surface area contributed by atoms with Crippen molar-refractivity contribution in [2.75, 3.05) is 0 Å². The summed E-state index contributed by atoms with van der Waals surface area (Å²) in [6, 6.07) is 33.0. The molecule has 0 spiro atoms. The zero-order valence-electron chi connectivity index (χ0n) is 21.2. The van der Waals surface area contributed by atoms with Gasteiger partial charge >= 0.3 is 0 Å². The molecule has 0 unspecified atom stereocenters. The minimum absolute atomic E-state index is 0.256. The maximum Gasteiger partial charge on any atom is 0.271 e. The standard InChI is InChI=1S/C32H26N4O2/c1-22-17-29(20-34-35-32(37)26-12-11-24-7-3-4-8-25(24)18-26)23(2)36(22)30-13-15-31(16-14-30)38-21-28-10-6-5-9-27(28)19-33/h3-18,20H,21H2,1-2H3,(H,35,37)/b34-20+. The van der Waals surface area contributed by atoms with E-state index in [0.29, 0.717) is 17.7 Å². The van der Waals surface area contributed by atoms with Gasteiger partial charge in [-0.3, -0.25) is 4.79 Å². The van der Waals surface area contributed by atoms with Crippen molar-refractivity contribution in [2.24, 2.45) is 5.10 Å². The molecule has 0 fully saturated rings. The van der Waals surface area contributed by atoms with Gasteiger partial charge in [-0.1, -0.05) is 48.5 Å². The number of carbonyl (C=O) groups excluding carboxylic acids is 1. The van der Waals surface area contributed by atoms with Crippen LogP contribution in [-0.2, 0) is 6.61 Å². The Labute approximate surface area is 221 Å². The number of nitrogens with one attached hydrogen (secondary N) is 1. The molecule has 0 saturated carbocycles. The summed E-state index contributed by atoms with van der Waals surface area (Å²) in [5, 5.41) is 15.6. The molecule has 1 aromatic heterocycles. The summed E-state index contributed by atoms with van der Waals surface area (Å²) in [6.45, 7) is 4.38. The van der Waals surface area contributed by atoms with E-state index >= 15 is 0 Å². The van der Waals surface area contributed by atoms with Gasteiger partial charge in [-0.05, 0) is 73.2 Å². The molecule has 0 aliphatic rings. The van der Waals surface area contributed by atoms with Crippen molar-refractivity contribution >= 4 is 22.9 Å². The highest BCUT2D eigenvalue weighted by Crippen LogP contribution is 2.23. The van der Waals surface area contributed by atoms with Gasteiger partial charge in [0.15, 0.2) is 0 Å². The summed E-state index contributed by atoms with van der Waals surface area (Å²) in [6.07, 6.45) is 1.67. The highest BCUT2D eigenvalue weighted by molar-refractivity contribution is 5.99. The van der Waals surface area contributed by atoms with Crippen molar-refractivity contribution in [1.29, 1.82) is 5.26 Å². The SMILES string of the molecule is Cc1cc(/C=N/NC(=O)c2ccc3ccccc3c2)c(C)n1-c1ccc(OCc2ccccc2C#N)cc1. The number of hydrogen-bond donors (Lipinski definition) is 1. The van der Waals surface area contributed by atoms with Crippen LogP contribution in [0.1, 0.15) is 38.4 Å². The fourth-order valence-electron chi connectivity index (χ4n) is 4.48. The fraction of sp³-hybridized carbons (Fsp3) is 0.0938. The number of aromatic nitrogens is 1. The number of hydrogen-bond acceptors (Lipinski definition) is 4. The lowest BCUT2D eigenvalue weighted by atomic mass is 10.1. The van der Waals surface area contributed by atoms with Crippen LogP contribution in [0.3, 0.4) is 0 Å². The van der Waals surface area contributed by atoms with E-state index in [0.717, 1.165) is 44.7 Å². The first-order valence-corrected chi connectivity index (χ1v) is 12.3. The van der Waals surface area contributed by atoms with Gasteiger partial charge in [-0.2, -0.15) is 10.4 Å².